The molecule has 0 aliphatic heterocycles. The predicted octanol–water partition coefficient (Wildman–Crippen LogP) is 11.5. The second-order valence-electron chi connectivity index (χ2n) is 24.7. The number of nitrogens with two attached hydrogens (primary N) is 8. The summed E-state index contributed by atoms with van der Waals surface area (Å²) in [5.41, 5.74) is 47.0. The van der Waals surface area contributed by atoms with Crippen LogP contribution in [0.2, 0.25) is 0 Å². The molecule has 7 rings (SSSR count). The second kappa shape index (κ2) is 32.4. The Balaban J connectivity index is 0.000000369. The van der Waals surface area contributed by atoms with Crippen LogP contribution in [0.5, 0.6) is 0 Å². The van der Waals surface area contributed by atoms with Crippen molar-refractivity contribution in [3.63, 3.8) is 0 Å². The summed E-state index contributed by atoms with van der Waals surface area (Å²) < 4.78 is 0. The lowest BCUT2D eigenvalue weighted by atomic mass is 9.62. The molecule has 8 nitrogen and oxygen atoms in total. The Hall–Kier alpha value is -0.320. The van der Waals surface area contributed by atoms with Gasteiger partial charge in [0.15, 0.2) is 0 Å². The molecule has 14 unspecified atom stereocenters. The quantitative estimate of drug-likeness (QED) is 0.133. The zero-order chi connectivity index (χ0) is 47.8. The van der Waals surface area contributed by atoms with Gasteiger partial charge in [-0.15, -0.1) is 0 Å². The van der Waals surface area contributed by atoms with E-state index in [1.165, 1.54) is 154 Å². The number of hydrogen-bond acceptors (Lipinski definition) is 8. The molecule has 378 valence electrons. The third kappa shape index (κ3) is 27.9. The van der Waals surface area contributed by atoms with E-state index in [0.717, 1.165) is 66.7 Å². The van der Waals surface area contributed by atoms with E-state index in [9.17, 15) is 0 Å². The first kappa shape index (κ1) is 60.7. The summed E-state index contributed by atoms with van der Waals surface area (Å²) in [5.74, 6) is 6.97. The average molecular weight is 892 g/mol. The summed E-state index contributed by atoms with van der Waals surface area (Å²) in [6, 6.07) is 3.00. The van der Waals surface area contributed by atoms with E-state index in [2.05, 4.69) is 76.2 Å². The normalized spacial score (nSPS) is 41.1. The van der Waals surface area contributed by atoms with Crippen molar-refractivity contribution in [2.45, 2.75) is 285 Å². The van der Waals surface area contributed by atoms with Crippen molar-refractivity contribution in [3.8, 4) is 0 Å². The van der Waals surface area contributed by atoms with E-state index in [4.69, 9.17) is 45.9 Å². The van der Waals surface area contributed by atoms with Crippen molar-refractivity contribution in [1.29, 1.82) is 0 Å². The van der Waals surface area contributed by atoms with Crippen LogP contribution in [-0.2, 0) is 0 Å². The van der Waals surface area contributed by atoms with E-state index in [1.54, 1.807) is 0 Å². The Kier molecular flexibility index (Phi) is 31.2. The Morgan fingerprint density at radius 3 is 1.30 bits per heavy atom. The molecular weight excluding hydrogens is 773 g/mol. The number of hydrogen-bond donors (Lipinski definition) is 8. The molecule has 16 N–H and O–H groups in total. The summed E-state index contributed by atoms with van der Waals surface area (Å²) in [5, 5.41) is 0. The van der Waals surface area contributed by atoms with Gasteiger partial charge in [-0.25, -0.2) is 0 Å². The first-order chi connectivity index (χ1) is 29.5. The molecule has 0 amide bonds. The maximum Gasteiger partial charge on any atom is 0.0192 e. The molecule has 7 fully saturated rings. The van der Waals surface area contributed by atoms with E-state index >= 15 is 0 Å². The molecule has 14 atom stereocenters. The van der Waals surface area contributed by atoms with Gasteiger partial charge in [0, 0.05) is 42.3 Å². The van der Waals surface area contributed by atoms with Gasteiger partial charge in [0.2, 0.25) is 0 Å². The molecule has 63 heavy (non-hydrogen) atoms. The lowest BCUT2D eigenvalue weighted by Gasteiger charge is -2.45. The fourth-order valence-electron chi connectivity index (χ4n) is 11.9. The minimum Gasteiger partial charge on any atom is -0.330 e. The van der Waals surface area contributed by atoms with Crippen LogP contribution in [0, 0.1) is 58.2 Å². The third-order valence-electron chi connectivity index (χ3n) is 17.0. The molecule has 7 aliphatic rings. The van der Waals surface area contributed by atoms with Gasteiger partial charge in [0.25, 0.3) is 0 Å². The van der Waals surface area contributed by atoms with E-state index in [0.29, 0.717) is 41.0 Å². The van der Waals surface area contributed by atoms with Gasteiger partial charge in [-0.1, -0.05) is 134 Å². The van der Waals surface area contributed by atoms with Crippen LogP contribution < -0.4 is 45.9 Å². The standard InChI is InChI=1S/C11H23N.3C8H17N.2C7H15N.C6H14N2/c1-5-11(4)7-9(12)6-10(2,3)8-11;1-6-3-4-8(9)5-7(6)2;1-6-4-3-5-8(9)7(6)2;1-7-3-2-4-8(5-7)6-9;1-6-2-4-7(8)5-3-6;1-6-3-2-4-7(8)5-6;7-5-3-1-2-4-6(5)8/h9H,5-8,12H2,1-4H3;2*6-8H,3-5,9H2,1-2H3;7-8H,2-6,9H2,1H3;2*6-7H,2-5,8H2,1H3;5-6H,1-4,7-8H2. The number of rotatable bonds is 2. The molecule has 0 saturated heterocycles. The minimum absolute atomic E-state index is 0.281. The smallest absolute Gasteiger partial charge is 0.0192 e. The molecule has 0 radical (unpaired) electrons. The summed E-state index contributed by atoms with van der Waals surface area (Å²) in [6.07, 6.45) is 33.6. The first-order valence-corrected chi connectivity index (χ1v) is 27.5. The molecule has 0 aromatic carbocycles. The zero-order valence-corrected chi connectivity index (χ0v) is 44.4. The molecule has 7 saturated carbocycles. The lowest BCUT2D eigenvalue weighted by Crippen LogP contribution is -2.43. The van der Waals surface area contributed by atoms with Crippen molar-refractivity contribution in [2.24, 2.45) is 104 Å². The zero-order valence-electron chi connectivity index (χ0n) is 44.4. The summed E-state index contributed by atoms with van der Waals surface area (Å²) in [7, 11) is 0. The van der Waals surface area contributed by atoms with Crippen LogP contribution in [0.15, 0.2) is 0 Å². The fourth-order valence-corrected chi connectivity index (χ4v) is 11.9. The highest BCUT2D eigenvalue weighted by Crippen LogP contribution is 2.47. The Morgan fingerprint density at radius 1 is 0.413 bits per heavy atom. The third-order valence-corrected chi connectivity index (χ3v) is 17.0. The van der Waals surface area contributed by atoms with Gasteiger partial charge in [-0.2, -0.15) is 0 Å². The molecule has 0 bridgehead atoms. The molecule has 0 heterocycles. The highest BCUT2D eigenvalue weighted by atomic mass is 14.8. The van der Waals surface area contributed by atoms with Crippen molar-refractivity contribution in [2.75, 3.05) is 6.54 Å². The van der Waals surface area contributed by atoms with Gasteiger partial charge in [-0.3, -0.25) is 0 Å². The van der Waals surface area contributed by atoms with Crippen molar-refractivity contribution >= 4 is 0 Å². The topological polar surface area (TPSA) is 208 Å². The summed E-state index contributed by atoms with van der Waals surface area (Å²) in [4.78, 5) is 0. The predicted molar refractivity (Wildman–Crippen MR) is 280 cm³/mol. The van der Waals surface area contributed by atoms with E-state index in [1.807, 2.05) is 0 Å². The van der Waals surface area contributed by atoms with Crippen LogP contribution in [-0.4, -0.2) is 48.8 Å². The van der Waals surface area contributed by atoms with Crippen LogP contribution >= 0.6 is 0 Å². The van der Waals surface area contributed by atoms with Crippen molar-refractivity contribution < 1.29 is 0 Å². The van der Waals surface area contributed by atoms with Crippen LogP contribution in [0.1, 0.15) is 243 Å². The molecule has 0 aromatic heterocycles. The Bertz CT molecular complexity index is 1050. The van der Waals surface area contributed by atoms with Gasteiger partial charge in [-0.05, 0) is 174 Å². The Morgan fingerprint density at radius 2 is 0.921 bits per heavy atom. The monoisotopic (exact) mass is 891 g/mol. The van der Waals surface area contributed by atoms with Crippen LogP contribution in [0.25, 0.3) is 0 Å². The van der Waals surface area contributed by atoms with Gasteiger partial charge in [0.1, 0.15) is 0 Å². The molecule has 0 aromatic rings. The largest absolute Gasteiger partial charge is 0.330 e. The van der Waals surface area contributed by atoms with E-state index in [-0.39, 0.29) is 12.1 Å². The fraction of sp³-hybridized carbons (Fsp3) is 1.00. The van der Waals surface area contributed by atoms with Gasteiger partial charge >= 0.3 is 0 Å². The second-order valence-corrected chi connectivity index (χ2v) is 24.7. The molecule has 7 aliphatic carbocycles. The van der Waals surface area contributed by atoms with Crippen LogP contribution in [0.4, 0.5) is 0 Å². The van der Waals surface area contributed by atoms with Gasteiger partial charge < -0.3 is 45.9 Å². The summed E-state index contributed by atoms with van der Waals surface area (Å²) >= 11 is 0. The van der Waals surface area contributed by atoms with E-state index < -0.39 is 0 Å². The molecule has 0 spiro atoms. The SMILES string of the molecule is CC1CCC(N)CC1.CC1CCC(N)CC1C.CC1CCCC(CN)C1.CC1CCCC(N)C1.CC1CCCC(N)C1C.CCC1(C)CC(N)CC(C)(C)C1.NC1CCCCC1N. The van der Waals surface area contributed by atoms with Crippen LogP contribution in [0.3, 0.4) is 0 Å². The average Bonchev–Trinajstić information content (AvgIpc) is 3.21. The minimum atomic E-state index is 0.281. The van der Waals surface area contributed by atoms with Crippen molar-refractivity contribution in [3.05, 3.63) is 0 Å². The Labute approximate surface area is 394 Å². The molecular formula is C55H118N8. The lowest BCUT2D eigenvalue weighted by molar-refractivity contribution is 0.0802. The maximum absolute atomic E-state index is 6.06. The highest BCUT2D eigenvalue weighted by Gasteiger charge is 2.38. The molecule has 8 heteroatoms. The van der Waals surface area contributed by atoms with Gasteiger partial charge in [0.05, 0.1) is 0 Å². The highest BCUT2D eigenvalue weighted by molar-refractivity contribution is 4.92. The maximum atomic E-state index is 6.06. The van der Waals surface area contributed by atoms with Crippen molar-refractivity contribution in [1.82, 2.24) is 0 Å². The first-order valence-electron chi connectivity index (χ1n) is 27.5. The summed E-state index contributed by atoms with van der Waals surface area (Å²) in [6.45, 7) is 26.4.